The van der Waals surface area contributed by atoms with Crippen LogP contribution in [0.5, 0.6) is 5.75 Å². The molecule has 1 aromatic carbocycles. The number of halogens is 1. The second kappa shape index (κ2) is 9.31. The van der Waals surface area contributed by atoms with Gasteiger partial charge in [0.15, 0.2) is 6.10 Å². The van der Waals surface area contributed by atoms with Crippen molar-refractivity contribution in [2.75, 3.05) is 19.8 Å². The summed E-state index contributed by atoms with van der Waals surface area (Å²) >= 11 is 0. The van der Waals surface area contributed by atoms with Crippen LogP contribution in [0.2, 0.25) is 0 Å². The van der Waals surface area contributed by atoms with Crippen molar-refractivity contribution >= 4 is 5.91 Å². The molecule has 1 rings (SSSR count). The average Bonchev–Trinajstić information content (AvgIpc) is 2.46. The number of ether oxygens (including phenoxy) is 2. The van der Waals surface area contributed by atoms with Gasteiger partial charge < -0.3 is 14.8 Å². The van der Waals surface area contributed by atoms with E-state index in [1.54, 1.807) is 0 Å². The van der Waals surface area contributed by atoms with Gasteiger partial charge in [0, 0.05) is 19.8 Å². The molecule has 1 unspecified atom stereocenters. The van der Waals surface area contributed by atoms with Crippen LogP contribution < -0.4 is 10.1 Å². The summed E-state index contributed by atoms with van der Waals surface area (Å²) in [6.45, 7) is 5.67. The first-order valence-electron chi connectivity index (χ1n) is 6.95. The van der Waals surface area contributed by atoms with E-state index in [9.17, 15) is 9.18 Å². The van der Waals surface area contributed by atoms with Crippen molar-refractivity contribution in [3.8, 4) is 5.75 Å². The Labute approximate surface area is 119 Å². The molecule has 0 heterocycles. The van der Waals surface area contributed by atoms with E-state index in [0.29, 0.717) is 31.9 Å². The van der Waals surface area contributed by atoms with E-state index in [0.717, 1.165) is 6.42 Å². The molecule has 1 N–H and O–H groups in total. The Morgan fingerprint density at radius 3 is 2.60 bits per heavy atom. The first kappa shape index (κ1) is 16.4. The number of rotatable bonds is 9. The number of carbonyl (C=O) groups excluding carboxylic acids is 1. The third-order valence-electron chi connectivity index (χ3n) is 2.72. The minimum atomic E-state index is -0.562. The molecule has 0 aliphatic heterocycles. The lowest BCUT2D eigenvalue weighted by Gasteiger charge is -2.17. The molecule has 112 valence electrons. The molecule has 1 aromatic rings. The number of carbonyl (C=O) groups is 1. The van der Waals surface area contributed by atoms with E-state index in [4.69, 9.17) is 9.47 Å². The highest BCUT2D eigenvalue weighted by Gasteiger charge is 2.17. The Balaban J connectivity index is 2.37. The van der Waals surface area contributed by atoms with E-state index in [-0.39, 0.29) is 11.7 Å². The minimum absolute atomic E-state index is 0.159. The molecule has 4 nitrogen and oxygen atoms in total. The second-order valence-corrected chi connectivity index (χ2v) is 4.31. The van der Waals surface area contributed by atoms with Gasteiger partial charge >= 0.3 is 0 Å². The summed E-state index contributed by atoms with van der Waals surface area (Å²) in [7, 11) is 0. The van der Waals surface area contributed by atoms with Gasteiger partial charge in [-0.15, -0.1) is 0 Å². The Hall–Kier alpha value is -1.62. The number of nitrogens with one attached hydrogen (secondary N) is 1. The van der Waals surface area contributed by atoms with Crippen LogP contribution in [0.15, 0.2) is 24.3 Å². The number of benzene rings is 1. The first-order valence-corrected chi connectivity index (χ1v) is 6.95. The zero-order chi connectivity index (χ0) is 14.8. The highest BCUT2D eigenvalue weighted by atomic mass is 19.1. The highest BCUT2D eigenvalue weighted by Crippen LogP contribution is 2.14. The third-order valence-corrected chi connectivity index (χ3v) is 2.72. The summed E-state index contributed by atoms with van der Waals surface area (Å²) in [6.07, 6.45) is 0.758. The van der Waals surface area contributed by atoms with Crippen LogP contribution in [-0.4, -0.2) is 31.8 Å². The Bertz CT molecular complexity index is 395. The average molecular weight is 283 g/mol. The fourth-order valence-corrected chi connectivity index (χ4v) is 1.64. The second-order valence-electron chi connectivity index (χ2n) is 4.31. The van der Waals surface area contributed by atoms with Gasteiger partial charge in [-0.2, -0.15) is 0 Å². The molecule has 5 heteroatoms. The maximum atomic E-state index is 12.8. The largest absolute Gasteiger partial charge is 0.481 e. The number of hydrogen-bond acceptors (Lipinski definition) is 3. The van der Waals surface area contributed by atoms with Crippen molar-refractivity contribution in [1.82, 2.24) is 5.32 Å². The lowest BCUT2D eigenvalue weighted by molar-refractivity contribution is -0.128. The maximum Gasteiger partial charge on any atom is 0.261 e. The van der Waals surface area contributed by atoms with Crippen molar-refractivity contribution < 1.29 is 18.7 Å². The molecule has 0 aliphatic carbocycles. The smallest absolute Gasteiger partial charge is 0.261 e. The number of amides is 1. The zero-order valence-corrected chi connectivity index (χ0v) is 12.0. The first-order chi connectivity index (χ1) is 9.67. The molecule has 1 amide bonds. The molecular weight excluding hydrogens is 261 g/mol. The van der Waals surface area contributed by atoms with Crippen LogP contribution in [0.3, 0.4) is 0 Å². The fraction of sp³-hybridized carbons (Fsp3) is 0.533. The van der Waals surface area contributed by atoms with Gasteiger partial charge in [-0.05, 0) is 44.0 Å². The van der Waals surface area contributed by atoms with Gasteiger partial charge in [0.05, 0.1) is 0 Å². The topological polar surface area (TPSA) is 47.6 Å². The molecule has 0 bridgehead atoms. The lowest BCUT2D eigenvalue weighted by Crippen LogP contribution is -2.38. The highest BCUT2D eigenvalue weighted by molar-refractivity contribution is 5.81. The normalized spacial score (nSPS) is 11.9. The van der Waals surface area contributed by atoms with Gasteiger partial charge in [-0.25, -0.2) is 4.39 Å². The summed E-state index contributed by atoms with van der Waals surface area (Å²) in [5.74, 6) is 0.00168. The van der Waals surface area contributed by atoms with Gasteiger partial charge in [0.1, 0.15) is 11.6 Å². The fourth-order valence-electron chi connectivity index (χ4n) is 1.64. The van der Waals surface area contributed by atoms with Crippen LogP contribution in [0, 0.1) is 5.82 Å². The molecule has 1 atom stereocenters. The Kier molecular flexibility index (Phi) is 7.65. The van der Waals surface area contributed by atoms with E-state index >= 15 is 0 Å². The van der Waals surface area contributed by atoms with E-state index in [1.165, 1.54) is 24.3 Å². The number of hydrogen-bond donors (Lipinski definition) is 1. The van der Waals surface area contributed by atoms with Crippen LogP contribution in [-0.2, 0) is 9.53 Å². The van der Waals surface area contributed by atoms with Crippen molar-refractivity contribution in [3.05, 3.63) is 30.1 Å². The Morgan fingerprint density at radius 1 is 1.30 bits per heavy atom. The maximum absolute atomic E-state index is 12.8. The monoisotopic (exact) mass is 283 g/mol. The van der Waals surface area contributed by atoms with Crippen molar-refractivity contribution in [2.24, 2.45) is 0 Å². The van der Waals surface area contributed by atoms with Gasteiger partial charge in [0.25, 0.3) is 5.91 Å². The summed E-state index contributed by atoms with van der Waals surface area (Å²) in [6, 6.07) is 5.64. The quantitative estimate of drug-likeness (QED) is 0.708. The zero-order valence-electron chi connectivity index (χ0n) is 12.0. The van der Waals surface area contributed by atoms with Crippen LogP contribution in [0.25, 0.3) is 0 Å². The molecule has 0 fully saturated rings. The van der Waals surface area contributed by atoms with Crippen LogP contribution >= 0.6 is 0 Å². The predicted octanol–water partition coefficient (Wildman–Crippen LogP) is 2.53. The van der Waals surface area contributed by atoms with Crippen LogP contribution in [0.4, 0.5) is 4.39 Å². The summed E-state index contributed by atoms with van der Waals surface area (Å²) < 4.78 is 23.5. The summed E-state index contributed by atoms with van der Waals surface area (Å²) in [5.41, 5.74) is 0. The van der Waals surface area contributed by atoms with Gasteiger partial charge in [-0.1, -0.05) is 6.92 Å². The molecule has 0 aliphatic rings. The van der Waals surface area contributed by atoms with Crippen molar-refractivity contribution in [1.29, 1.82) is 0 Å². The third kappa shape index (κ3) is 6.02. The molecule has 0 aromatic heterocycles. The molecule has 0 spiro atoms. The van der Waals surface area contributed by atoms with E-state index < -0.39 is 6.10 Å². The predicted molar refractivity (Wildman–Crippen MR) is 75.2 cm³/mol. The van der Waals surface area contributed by atoms with Gasteiger partial charge in [0.2, 0.25) is 0 Å². The summed E-state index contributed by atoms with van der Waals surface area (Å²) in [5, 5.41) is 2.81. The molecular formula is C15H22FNO3. The molecule has 0 saturated heterocycles. The molecule has 0 saturated carbocycles. The van der Waals surface area contributed by atoms with Crippen molar-refractivity contribution in [2.45, 2.75) is 32.8 Å². The van der Waals surface area contributed by atoms with E-state index in [2.05, 4.69) is 5.32 Å². The van der Waals surface area contributed by atoms with Crippen LogP contribution in [0.1, 0.15) is 26.7 Å². The lowest BCUT2D eigenvalue weighted by atomic mass is 10.2. The molecule has 20 heavy (non-hydrogen) atoms. The van der Waals surface area contributed by atoms with Gasteiger partial charge in [-0.3, -0.25) is 4.79 Å². The summed E-state index contributed by atoms with van der Waals surface area (Å²) in [4.78, 5) is 11.9. The SMILES string of the molecule is CCOCCCNC(=O)C(CC)Oc1ccc(F)cc1. The Morgan fingerprint density at radius 2 is 2.00 bits per heavy atom. The molecule has 0 radical (unpaired) electrons. The van der Waals surface area contributed by atoms with Crippen molar-refractivity contribution in [3.63, 3.8) is 0 Å². The standard InChI is InChI=1S/C15H22FNO3/c1-3-14(15(18)17-10-5-11-19-4-2)20-13-8-6-12(16)7-9-13/h6-9,14H,3-5,10-11H2,1-2H3,(H,17,18). The minimum Gasteiger partial charge on any atom is -0.481 e. The van der Waals surface area contributed by atoms with E-state index in [1.807, 2.05) is 13.8 Å².